The molecule has 140 valence electrons. The van der Waals surface area contributed by atoms with Crippen LogP contribution in [0.3, 0.4) is 0 Å². The van der Waals surface area contributed by atoms with Gasteiger partial charge in [-0.2, -0.15) is 13.2 Å². The molecule has 0 fully saturated rings. The Balaban J connectivity index is 1.61. The minimum absolute atomic E-state index is 0.210. The highest BCUT2D eigenvalue weighted by molar-refractivity contribution is 5.77. The largest absolute Gasteiger partial charge is 0.419 e. The first-order chi connectivity index (χ1) is 13.3. The minimum Gasteiger partial charge on any atom is -0.206 e. The zero-order chi connectivity index (χ0) is 19.9. The van der Waals surface area contributed by atoms with E-state index in [-0.39, 0.29) is 5.56 Å². The lowest BCUT2D eigenvalue weighted by atomic mass is 10.0. The summed E-state index contributed by atoms with van der Waals surface area (Å²) >= 11 is 0. The van der Waals surface area contributed by atoms with Crippen molar-refractivity contribution in [1.29, 1.82) is 0 Å². The monoisotopic (exact) mass is 380 g/mol. The molecule has 0 saturated carbocycles. The second-order valence-corrected chi connectivity index (χ2v) is 6.84. The SMILES string of the molecule is CCc1ccc2c(c1)Cc1cc(C#Cc3ccc(C(F)(F)F)c(F)c3)ccc1-2. The van der Waals surface area contributed by atoms with Crippen LogP contribution in [0.5, 0.6) is 0 Å². The van der Waals surface area contributed by atoms with Crippen molar-refractivity contribution in [2.75, 3.05) is 0 Å². The summed E-state index contributed by atoms with van der Waals surface area (Å²) in [6.45, 7) is 2.13. The quantitative estimate of drug-likeness (QED) is 0.266. The first-order valence-corrected chi connectivity index (χ1v) is 8.99. The van der Waals surface area contributed by atoms with E-state index in [1.807, 2.05) is 18.2 Å². The molecule has 4 heteroatoms. The van der Waals surface area contributed by atoms with Gasteiger partial charge in [0.1, 0.15) is 5.82 Å². The van der Waals surface area contributed by atoms with E-state index in [0.717, 1.165) is 30.5 Å². The van der Waals surface area contributed by atoms with Gasteiger partial charge in [0.15, 0.2) is 0 Å². The summed E-state index contributed by atoms with van der Waals surface area (Å²) in [5.41, 5.74) is 5.87. The summed E-state index contributed by atoms with van der Waals surface area (Å²) in [7, 11) is 0. The lowest BCUT2D eigenvalue weighted by molar-refractivity contribution is -0.140. The van der Waals surface area contributed by atoms with Gasteiger partial charge in [-0.05, 0) is 71.0 Å². The third kappa shape index (κ3) is 3.41. The molecule has 0 aliphatic heterocycles. The highest BCUT2D eigenvalue weighted by atomic mass is 19.4. The Hall–Kier alpha value is -3.06. The number of alkyl halides is 3. The molecular weight excluding hydrogens is 364 g/mol. The van der Waals surface area contributed by atoms with E-state index in [2.05, 4.69) is 37.0 Å². The summed E-state index contributed by atoms with van der Waals surface area (Å²) in [4.78, 5) is 0. The Morgan fingerprint density at radius 2 is 1.43 bits per heavy atom. The molecule has 3 aromatic rings. The summed E-state index contributed by atoms with van der Waals surface area (Å²) in [5, 5.41) is 0. The van der Waals surface area contributed by atoms with Crippen LogP contribution >= 0.6 is 0 Å². The summed E-state index contributed by atoms with van der Waals surface area (Å²) in [6, 6.07) is 15.2. The van der Waals surface area contributed by atoms with Gasteiger partial charge in [0.25, 0.3) is 0 Å². The average molecular weight is 380 g/mol. The predicted molar refractivity (Wildman–Crippen MR) is 101 cm³/mol. The molecule has 0 nitrogen and oxygen atoms in total. The number of rotatable bonds is 1. The maximum atomic E-state index is 13.7. The Labute approximate surface area is 160 Å². The smallest absolute Gasteiger partial charge is 0.206 e. The standard InChI is InChI=1S/C24H16F4/c1-2-15-5-8-20-18(11-15)14-19-12-16(6-9-21(19)20)3-4-17-7-10-22(23(25)13-17)24(26,27)28/h5-13H,2,14H2,1H3. The maximum absolute atomic E-state index is 13.7. The van der Waals surface area contributed by atoms with Crippen LogP contribution in [0.15, 0.2) is 54.6 Å². The van der Waals surface area contributed by atoms with E-state index in [1.54, 1.807) is 0 Å². The number of fused-ring (bicyclic) bond motifs is 3. The van der Waals surface area contributed by atoms with Crippen molar-refractivity contribution in [2.45, 2.75) is 25.9 Å². The Morgan fingerprint density at radius 3 is 2.07 bits per heavy atom. The van der Waals surface area contributed by atoms with E-state index >= 15 is 0 Å². The zero-order valence-corrected chi connectivity index (χ0v) is 15.1. The van der Waals surface area contributed by atoms with Gasteiger partial charge >= 0.3 is 6.18 Å². The van der Waals surface area contributed by atoms with Crippen molar-refractivity contribution in [3.8, 4) is 23.0 Å². The molecule has 0 spiro atoms. The fraction of sp³-hybridized carbons (Fsp3) is 0.167. The van der Waals surface area contributed by atoms with Crippen molar-refractivity contribution >= 4 is 0 Å². The lowest BCUT2D eigenvalue weighted by Crippen LogP contribution is -2.07. The number of benzene rings is 3. The van der Waals surface area contributed by atoms with Crippen LogP contribution < -0.4 is 0 Å². The fourth-order valence-electron chi connectivity index (χ4n) is 3.53. The first kappa shape index (κ1) is 18.3. The Bertz CT molecular complexity index is 1130. The minimum atomic E-state index is -4.71. The van der Waals surface area contributed by atoms with Crippen molar-refractivity contribution in [2.24, 2.45) is 0 Å². The molecule has 0 radical (unpaired) electrons. The molecule has 0 unspecified atom stereocenters. The molecule has 3 aromatic carbocycles. The van der Waals surface area contributed by atoms with Gasteiger partial charge in [-0.3, -0.25) is 0 Å². The highest BCUT2D eigenvalue weighted by Crippen LogP contribution is 2.37. The van der Waals surface area contributed by atoms with E-state index in [9.17, 15) is 17.6 Å². The maximum Gasteiger partial charge on any atom is 0.419 e. The molecule has 0 N–H and O–H groups in total. The zero-order valence-electron chi connectivity index (χ0n) is 15.1. The Morgan fingerprint density at radius 1 is 0.821 bits per heavy atom. The van der Waals surface area contributed by atoms with E-state index < -0.39 is 17.6 Å². The molecule has 0 saturated heterocycles. The van der Waals surface area contributed by atoms with Gasteiger partial charge in [-0.1, -0.05) is 43.0 Å². The second kappa shape index (κ2) is 6.83. The molecule has 1 aliphatic carbocycles. The third-order valence-electron chi connectivity index (χ3n) is 4.98. The molecule has 0 amide bonds. The van der Waals surface area contributed by atoms with Crippen LogP contribution in [0.1, 0.15) is 40.3 Å². The summed E-state index contributed by atoms with van der Waals surface area (Å²) < 4.78 is 51.6. The number of hydrogen-bond donors (Lipinski definition) is 0. The van der Waals surface area contributed by atoms with Crippen LogP contribution in [-0.4, -0.2) is 0 Å². The van der Waals surface area contributed by atoms with Crippen LogP contribution in [0.25, 0.3) is 11.1 Å². The molecule has 28 heavy (non-hydrogen) atoms. The van der Waals surface area contributed by atoms with Crippen LogP contribution in [0.4, 0.5) is 17.6 Å². The van der Waals surface area contributed by atoms with E-state index in [1.165, 1.54) is 33.9 Å². The van der Waals surface area contributed by atoms with Crippen molar-refractivity contribution < 1.29 is 17.6 Å². The summed E-state index contributed by atoms with van der Waals surface area (Å²) in [6.07, 6.45) is -2.88. The molecular formula is C24H16F4. The molecule has 0 aromatic heterocycles. The van der Waals surface area contributed by atoms with Crippen LogP contribution in [0, 0.1) is 17.7 Å². The van der Waals surface area contributed by atoms with Gasteiger partial charge in [0, 0.05) is 11.1 Å². The van der Waals surface area contributed by atoms with Gasteiger partial charge in [-0.25, -0.2) is 4.39 Å². The molecule has 0 atom stereocenters. The Kier molecular flexibility index (Phi) is 4.47. The third-order valence-corrected chi connectivity index (χ3v) is 4.98. The average Bonchev–Trinajstić information content (AvgIpc) is 3.02. The fourth-order valence-corrected chi connectivity index (χ4v) is 3.53. The van der Waals surface area contributed by atoms with Gasteiger partial charge < -0.3 is 0 Å². The number of hydrogen-bond acceptors (Lipinski definition) is 0. The van der Waals surface area contributed by atoms with Crippen LogP contribution in [-0.2, 0) is 19.0 Å². The number of halogens is 4. The molecule has 0 bridgehead atoms. The summed E-state index contributed by atoms with van der Waals surface area (Å²) in [5.74, 6) is 4.37. The number of aryl methyl sites for hydroxylation is 1. The van der Waals surface area contributed by atoms with Crippen molar-refractivity contribution in [1.82, 2.24) is 0 Å². The second-order valence-electron chi connectivity index (χ2n) is 6.84. The van der Waals surface area contributed by atoms with Gasteiger partial charge in [0.2, 0.25) is 0 Å². The van der Waals surface area contributed by atoms with Gasteiger partial charge in [-0.15, -0.1) is 0 Å². The van der Waals surface area contributed by atoms with E-state index in [0.29, 0.717) is 0 Å². The first-order valence-electron chi connectivity index (χ1n) is 8.99. The van der Waals surface area contributed by atoms with E-state index in [4.69, 9.17) is 0 Å². The van der Waals surface area contributed by atoms with Gasteiger partial charge in [0.05, 0.1) is 5.56 Å². The van der Waals surface area contributed by atoms with Crippen LogP contribution in [0.2, 0.25) is 0 Å². The van der Waals surface area contributed by atoms with Crippen molar-refractivity contribution in [3.63, 3.8) is 0 Å². The lowest BCUT2D eigenvalue weighted by Gasteiger charge is -2.07. The molecule has 4 rings (SSSR count). The predicted octanol–water partition coefficient (Wildman–Crippen LogP) is 6.38. The highest BCUT2D eigenvalue weighted by Gasteiger charge is 2.33. The molecule has 1 aliphatic rings. The normalized spacial score (nSPS) is 12.2. The molecule has 0 heterocycles. The topological polar surface area (TPSA) is 0 Å². The van der Waals surface area contributed by atoms with Crippen molar-refractivity contribution in [3.05, 3.63) is 93.8 Å².